The highest BCUT2D eigenvalue weighted by Crippen LogP contribution is 2.15. The molecule has 17 heavy (non-hydrogen) atoms. The number of phenolic OH excluding ortho intramolecular Hbond substituents is 1. The molecule has 1 unspecified atom stereocenters. The molecule has 0 spiro atoms. The predicted octanol–water partition coefficient (Wildman–Crippen LogP) is 2.03. The Balaban J connectivity index is 2.53. The molecular weight excluding hydrogens is 221 g/mol. The summed E-state index contributed by atoms with van der Waals surface area (Å²) in [6, 6.07) is 3.96. The molecule has 0 saturated carbocycles. The quantitative estimate of drug-likeness (QED) is 0.714. The molecular formula is C13H20FNO2. The van der Waals surface area contributed by atoms with Gasteiger partial charge in [0.25, 0.3) is 0 Å². The summed E-state index contributed by atoms with van der Waals surface area (Å²) >= 11 is 0. The van der Waals surface area contributed by atoms with E-state index < -0.39 is 5.82 Å². The van der Waals surface area contributed by atoms with Gasteiger partial charge in [0.05, 0.1) is 6.61 Å². The number of benzene rings is 1. The minimum absolute atomic E-state index is 0.000380. The Labute approximate surface area is 101 Å². The van der Waals surface area contributed by atoms with Gasteiger partial charge in [0.15, 0.2) is 0 Å². The number of phenols is 1. The molecule has 3 N–H and O–H groups in total. The standard InChI is InChI=1S/C13H20FNO2/c1-9(2)3-12(8-16)15-7-10-4-11(14)6-13(17)5-10/h4-6,9,12,15-17H,3,7-8H2,1-2H3. The lowest BCUT2D eigenvalue weighted by atomic mass is 10.0. The molecule has 0 bridgehead atoms. The van der Waals surface area contributed by atoms with Crippen molar-refractivity contribution in [2.24, 2.45) is 5.92 Å². The largest absolute Gasteiger partial charge is 0.508 e. The van der Waals surface area contributed by atoms with Crippen LogP contribution in [0.3, 0.4) is 0 Å². The number of aliphatic hydroxyl groups excluding tert-OH is 1. The lowest BCUT2D eigenvalue weighted by molar-refractivity contribution is 0.223. The fourth-order valence-corrected chi connectivity index (χ4v) is 1.79. The van der Waals surface area contributed by atoms with Crippen molar-refractivity contribution < 1.29 is 14.6 Å². The first-order valence-electron chi connectivity index (χ1n) is 5.84. The van der Waals surface area contributed by atoms with Crippen molar-refractivity contribution in [3.05, 3.63) is 29.6 Å². The number of hydrogen-bond donors (Lipinski definition) is 3. The van der Waals surface area contributed by atoms with Crippen LogP contribution < -0.4 is 5.32 Å². The Hall–Kier alpha value is -1.13. The van der Waals surface area contributed by atoms with Gasteiger partial charge in [-0.2, -0.15) is 0 Å². The lowest BCUT2D eigenvalue weighted by Gasteiger charge is -2.18. The molecule has 0 radical (unpaired) electrons. The van der Waals surface area contributed by atoms with E-state index in [0.717, 1.165) is 12.5 Å². The highest BCUT2D eigenvalue weighted by molar-refractivity contribution is 5.28. The zero-order valence-electron chi connectivity index (χ0n) is 10.3. The van der Waals surface area contributed by atoms with E-state index in [4.69, 9.17) is 0 Å². The maximum absolute atomic E-state index is 13.0. The van der Waals surface area contributed by atoms with E-state index in [1.165, 1.54) is 12.1 Å². The van der Waals surface area contributed by atoms with Crippen LogP contribution in [0.15, 0.2) is 18.2 Å². The highest BCUT2D eigenvalue weighted by Gasteiger charge is 2.09. The Bertz CT molecular complexity index is 335. The monoisotopic (exact) mass is 241 g/mol. The highest BCUT2D eigenvalue weighted by atomic mass is 19.1. The molecule has 0 amide bonds. The summed E-state index contributed by atoms with van der Waals surface area (Å²) in [6.07, 6.45) is 0.859. The maximum Gasteiger partial charge on any atom is 0.127 e. The van der Waals surface area contributed by atoms with Crippen LogP contribution in [-0.2, 0) is 6.54 Å². The molecule has 1 rings (SSSR count). The first-order chi connectivity index (χ1) is 8.01. The normalized spacial score (nSPS) is 13.0. The van der Waals surface area contributed by atoms with Gasteiger partial charge in [0.1, 0.15) is 11.6 Å². The van der Waals surface area contributed by atoms with Crippen molar-refractivity contribution in [2.75, 3.05) is 6.61 Å². The van der Waals surface area contributed by atoms with Gasteiger partial charge in [0.2, 0.25) is 0 Å². The summed E-state index contributed by atoms with van der Waals surface area (Å²) in [5.74, 6) is -0.0435. The third-order valence-corrected chi connectivity index (χ3v) is 2.51. The van der Waals surface area contributed by atoms with E-state index >= 15 is 0 Å². The molecule has 0 fully saturated rings. The predicted molar refractivity (Wildman–Crippen MR) is 65.2 cm³/mol. The van der Waals surface area contributed by atoms with E-state index in [0.29, 0.717) is 18.0 Å². The number of aliphatic hydroxyl groups is 1. The minimum atomic E-state index is -0.453. The lowest BCUT2D eigenvalue weighted by Crippen LogP contribution is -2.33. The van der Waals surface area contributed by atoms with Gasteiger partial charge in [-0.25, -0.2) is 4.39 Å². The van der Waals surface area contributed by atoms with Gasteiger partial charge in [-0.15, -0.1) is 0 Å². The first-order valence-corrected chi connectivity index (χ1v) is 5.84. The Morgan fingerprint density at radius 2 is 2.00 bits per heavy atom. The van der Waals surface area contributed by atoms with Gasteiger partial charge in [-0.3, -0.25) is 0 Å². The van der Waals surface area contributed by atoms with E-state index in [1.54, 1.807) is 0 Å². The maximum atomic E-state index is 13.0. The van der Waals surface area contributed by atoms with Crippen LogP contribution in [0.5, 0.6) is 5.75 Å². The molecule has 0 heterocycles. The molecule has 0 aromatic heterocycles. The van der Waals surface area contributed by atoms with Crippen LogP contribution in [0.1, 0.15) is 25.8 Å². The van der Waals surface area contributed by atoms with Gasteiger partial charge in [-0.1, -0.05) is 13.8 Å². The fourth-order valence-electron chi connectivity index (χ4n) is 1.79. The Morgan fingerprint density at radius 3 is 2.53 bits per heavy atom. The smallest absolute Gasteiger partial charge is 0.127 e. The van der Waals surface area contributed by atoms with Crippen molar-refractivity contribution >= 4 is 0 Å². The van der Waals surface area contributed by atoms with Crippen molar-refractivity contribution in [1.82, 2.24) is 5.32 Å². The number of halogens is 1. The van der Waals surface area contributed by atoms with Gasteiger partial charge in [0, 0.05) is 18.7 Å². The molecule has 3 nitrogen and oxygen atoms in total. The van der Waals surface area contributed by atoms with Crippen molar-refractivity contribution in [1.29, 1.82) is 0 Å². The van der Waals surface area contributed by atoms with Crippen LogP contribution in [-0.4, -0.2) is 22.9 Å². The minimum Gasteiger partial charge on any atom is -0.508 e. The molecule has 0 aliphatic rings. The summed E-state index contributed by atoms with van der Waals surface area (Å²) in [7, 11) is 0. The second-order valence-electron chi connectivity index (χ2n) is 4.71. The third kappa shape index (κ3) is 5.15. The zero-order chi connectivity index (χ0) is 12.8. The zero-order valence-corrected chi connectivity index (χ0v) is 10.3. The molecule has 0 saturated heterocycles. The van der Waals surface area contributed by atoms with Crippen LogP contribution in [0.25, 0.3) is 0 Å². The van der Waals surface area contributed by atoms with Gasteiger partial charge in [-0.05, 0) is 30.0 Å². The second kappa shape index (κ2) is 6.57. The summed E-state index contributed by atoms with van der Waals surface area (Å²) in [6.45, 7) is 4.65. The average molecular weight is 241 g/mol. The Morgan fingerprint density at radius 1 is 1.29 bits per heavy atom. The third-order valence-electron chi connectivity index (χ3n) is 2.51. The summed E-state index contributed by atoms with van der Waals surface area (Å²) in [4.78, 5) is 0. The van der Waals surface area contributed by atoms with Crippen LogP contribution in [0.4, 0.5) is 4.39 Å². The number of aromatic hydroxyl groups is 1. The van der Waals surface area contributed by atoms with Crippen LogP contribution >= 0.6 is 0 Å². The van der Waals surface area contributed by atoms with E-state index in [1.807, 2.05) is 0 Å². The first kappa shape index (κ1) is 13.9. The summed E-state index contributed by atoms with van der Waals surface area (Å²) in [5, 5.41) is 21.6. The second-order valence-corrected chi connectivity index (χ2v) is 4.71. The van der Waals surface area contributed by atoms with Crippen molar-refractivity contribution in [3.63, 3.8) is 0 Å². The SMILES string of the molecule is CC(C)CC(CO)NCc1cc(O)cc(F)c1. The van der Waals surface area contributed by atoms with Gasteiger partial charge < -0.3 is 15.5 Å². The molecule has 96 valence electrons. The van der Waals surface area contributed by atoms with Crippen LogP contribution in [0.2, 0.25) is 0 Å². The molecule has 0 aliphatic carbocycles. The number of nitrogens with one attached hydrogen (secondary N) is 1. The van der Waals surface area contributed by atoms with Crippen molar-refractivity contribution in [2.45, 2.75) is 32.9 Å². The average Bonchev–Trinajstić information content (AvgIpc) is 2.22. The molecule has 4 heteroatoms. The van der Waals surface area contributed by atoms with Crippen LogP contribution in [0, 0.1) is 11.7 Å². The van der Waals surface area contributed by atoms with E-state index in [2.05, 4.69) is 19.2 Å². The fraction of sp³-hybridized carbons (Fsp3) is 0.538. The molecule has 1 aromatic rings. The summed E-state index contributed by atoms with van der Waals surface area (Å²) in [5.41, 5.74) is 0.671. The van der Waals surface area contributed by atoms with Crippen molar-refractivity contribution in [3.8, 4) is 5.75 Å². The van der Waals surface area contributed by atoms with E-state index in [-0.39, 0.29) is 18.4 Å². The number of hydrogen-bond acceptors (Lipinski definition) is 3. The van der Waals surface area contributed by atoms with E-state index in [9.17, 15) is 14.6 Å². The topological polar surface area (TPSA) is 52.5 Å². The van der Waals surface area contributed by atoms with Gasteiger partial charge >= 0.3 is 0 Å². The Kier molecular flexibility index (Phi) is 5.38. The summed E-state index contributed by atoms with van der Waals surface area (Å²) < 4.78 is 13.0. The number of rotatable bonds is 6. The molecule has 0 aliphatic heterocycles. The molecule has 1 atom stereocenters. The molecule has 1 aromatic carbocycles.